The van der Waals surface area contributed by atoms with Crippen LogP contribution in [0.5, 0.6) is 11.5 Å². The molecule has 49 heavy (non-hydrogen) atoms. The lowest BCUT2D eigenvalue weighted by Gasteiger charge is -2.34. The lowest BCUT2D eigenvalue weighted by atomic mass is 9.68. The Hall–Kier alpha value is -5.22. The van der Waals surface area contributed by atoms with Gasteiger partial charge in [0, 0.05) is 37.7 Å². The Morgan fingerprint density at radius 1 is 0.571 bits per heavy atom. The second-order valence-corrected chi connectivity index (χ2v) is 15.4. The minimum Gasteiger partial charge on any atom is -0.457 e. The second-order valence-electron chi connectivity index (χ2n) is 15.4. The van der Waals surface area contributed by atoms with Crippen LogP contribution in [0.1, 0.15) is 75.1 Å². The highest BCUT2D eigenvalue weighted by molar-refractivity contribution is 5.86. The molecule has 7 rings (SSSR count). The number of fused-ring (bicyclic) bond motifs is 3. The predicted octanol–water partition coefficient (Wildman–Crippen LogP) is 11.0. The number of hydrogen-bond donors (Lipinski definition) is 0. The Morgan fingerprint density at radius 2 is 1.20 bits per heavy atom. The van der Waals surface area contributed by atoms with Crippen LogP contribution in [-0.4, -0.2) is 24.1 Å². The van der Waals surface area contributed by atoms with Crippen molar-refractivity contribution < 1.29 is 4.74 Å². The monoisotopic (exact) mass is 643 g/mol. The maximum Gasteiger partial charge on any atom is 0.128 e. The molecule has 0 bridgehead atoms. The second kappa shape index (κ2) is 12.0. The van der Waals surface area contributed by atoms with E-state index in [2.05, 4.69) is 136 Å². The van der Waals surface area contributed by atoms with Gasteiger partial charge in [-0.15, -0.1) is 0 Å². The number of benzene rings is 4. The minimum absolute atomic E-state index is 0.0207. The molecule has 4 aromatic carbocycles. The molecule has 0 aliphatic heterocycles. The van der Waals surface area contributed by atoms with Gasteiger partial charge in [-0.1, -0.05) is 108 Å². The first kappa shape index (κ1) is 32.3. The van der Waals surface area contributed by atoms with Crippen LogP contribution in [0.25, 0.3) is 22.4 Å². The fraction of sp³-hybridized carbons (Fsp3) is 0.244. The van der Waals surface area contributed by atoms with Crippen LogP contribution in [0.4, 0.5) is 5.69 Å². The largest absolute Gasteiger partial charge is 0.457 e. The maximum atomic E-state index is 6.67. The van der Waals surface area contributed by atoms with Gasteiger partial charge in [0.05, 0.1) is 16.8 Å². The van der Waals surface area contributed by atoms with Crippen molar-refractivity contribution in [3.63, 3.8) is 0 Å². The lowest BCUT2D eigenvalue weighted by molar-refractivity contribution is 0.481. The van der Waals surface area contributed by atoms with Crippen LogP contribution in [0.15, 0.2) is 128 Å². The standard InChI is InChI=1S/C45H45N3O/c1-43(2,3)31-18-20-37-38-21-19-32(44(4,5)6)28-40(38)45(39(37)27-31,42-17-9-10-23-47-42)33-14-12-16-36(26-33)49-35-15-11-13-30(25-35)41-29-34(48(7)8)22-24-46-41/h9-29H,1-8H3. The van der Waals surface area contributed by atoms with Gasteiger partial charge in [0.2, 0.25) is 0 Å². The van der Waals surface area contributed by atoms with Crippen LogP contribution in [-0.2, 0) is 16.2 Å². The van der Waals surface area contributed by atoms with Gasteiger partial charge in [-0.25, -0.2) is 0 Å². The summed E-state index contributed by atoms with van der Waals surface area (Å²) in [4.78, 5) is 11.9. The summed E-state index contributed by atoms with van der Waals surface area (Å²) in [5.74, 6) is 1.53. The van der Waals surface area contributed by atoms with Crippen molar-refractivity contribution in [3.05, 3.63) is 161 Å². The Kier molecular flexibility index (Phi) is 7.94. The first-order valence-corrected chi connectivity index (χ1v) is 17.1. The molecule has 2 aromatic heterocycles. The maximum absolute atomic E-state index is 6.67. The fourth-order valence-electron chi connectivity index (χ4n) is 7.08. The molecule has 0 unspecified atom stereocenters. The molecule has 1 aliphatic carbocycles. The quantitative estimate of drug-likeness (QED) is 0.181. The average molecular weight is 644 g/mol. The molecule has 0 fully saturated rings. The minimum atomic E-state index is -0.647. The molecule has 1 aliphatic rings. The van der Waals surface area contributed by atoms with Crippen LogP contribution in [0.2, 0.25) is 0 Å². The molecule has 0 N–H and O–H groups in total. The Balaban J connectivity index is 1.42. The van der Waals surface area contributed by atoms with Crippen LogP contribution >= 0.6 is 0 Å². The van der Waals surface area contributed by atoms with Crippen molar-refractivity contribution >= 4 is 5.69 Å². The van der Waals surface area contributed by atoms with Crippen molar-refractivity contribution in [2.45, 2.75) is 57.8 Å². The van der Waals surface area contributed by atoms with Crippen molar-refractivity contribution in [1.29, 1.82) is 0 Å². The molecule has 0 saturated carbocycles. The molecule has 0 atom stereocenters. The predicted molar refractivity (Wildman–Crippen MR) is 203 cm³/mol. The first-order chi connectivity index (χ1) is 23.4. The third-order valence-corrected chi connectivity index (χ3v) is 9.81. The molecule has 0 spiro atoms. The Morgan fingerprint density at radius 3 is 1.80 bits per heavy atom. The molecule has 0 amide bonds. The van der Waals surface area contributed by atoms with Crippen molar-refractivity contribution in [1.82, 2.24) is 9.97 Å². The highest BCUT2D eigenvalue weighted by Gasteiger charge is 2.48. The number of ether oxygens (including phenoxy) is 1. The summed E-state index contributed by atoms with van der Waals surface area (Å²) in [6.07, 6.45) is 3.77. The van der Waals surface area contributed by atoms with Gasteiger partial charge in [0.25, 0.3) is 0 Å². The number of pyridine rings is 2. The number of rotatable bonds is 6. The Bertz CT molecular complexity index is 2090. The van der Waals surface area contributed by atoms with Gasteiger partial charge in [-0.3, -0.25) is 9.97 Å². The molecule has 4 heteroatoms. The van der Waals surface area contributed by atoms with E-state index in [0.29, 0.717) is 0 Å². The van der Waals surface area contributed by atoms with E-state index in [1.807, 2.05) is 56.8 Å². The van der Waals surface area contributed by atoms with E-state index < -0.39 is 5.41 Å². The smallest absolute Gasteiger partial charge is 0.128 e. The van der Waals surface area contributed by atoms with E-state index in [1.165, 1.54) is 33.4 Å². The van der Waals surface area contributed by atoms with Gasteiger partial charge in [-0.05, 0) is 98.3 Å². The van der Waals surface area contributed by atoms with Crippen LogP contribution < -0.4 is 9.64 Å². The third kappa shape index (κ3) is 5.80. The summed E-state index contributed by atoms with van der Waals surface area (Å²) in [5.41, 5.74) is 12.1. The molecule has 0 saturated heterocycles. The summed E-state index contributed by atoms with van der Waals surface area (Å²) < 4.78 is 6.67. The van der Waals surface area contributed by atoms with E-state index in [0.717, 1.165) is 39.7 Å². The summed E-state index contributed by atoms with van der Waals surface area (Å²) >= 11 is 0. The zero-order valence-corrected chi connectivity index (χ0v) is 29.9. The molecular formula is C45H45N3O. The zero-order valence-electron chi connectivity index (χ0n) is 29.9. The van der Waals surface area contributed by atoms with Crippen molar-refractivity contribution in [2.24, 2.45) is 0 Å². The zero-order chi connectivity index (χ0) is 34.6. The van der Waals surface area contributed by atoms with E-state index >= 15 is 0 Å². The van der Waals surface area contributed by atoms with Gasteiger partial charge in [-0.2, -0.15) is 0 Å². The summed E-state index contributed by atoms with van der Waals surface area (Å²) in [6.45, 7) is 13.7. The van der Waals surface area contributed by atoms with E-state index in [1.54, 1.807) is 0 Å². The third-order valence-electron chi connectivity index (χ3n) is 9.81. The number of hydrogen-bond acceptors (Lipinski definition) is 4. The number of anilines is 1. The van der Waals surface area contributed by atoms with Gasteiger partial charge in [0.15, 0.2) is 0 Å². The van der Waals surface area contributed by atoms with Gasteiger partial charge < -0.3 is 9.64 Å². The molecule has 2 heterocycles. The normalized spacial score (nSPS) is 13.5. The highest BCUT2D eigenvalue weighted by Crippen LogP contribution is 2.57. The van der Waals surface area contributed by atoms with E-state index in [4.69, 9.17) is 9.72 Å². The molecule has 6 aromatic rings. The SMILES string of the molecule is CN(C)c1ccnc(-c2cccc(Oc3cccc(C4(c5ccccn5)c5cc(C(C)(C)C)ccc5-c5ccc(C(C)(C)C)cc54)c3)c2)c1. The summed E-state index contributed by atoms with van der Waals surface area (Å²) in [5, 5.41) is 0. The number of aromatic nitrogens is 2. The molecular weight excluding hydrogens is 599 g/mol. The van der Waals surface area contributed by atoms with Crippen molar-refractivity contribution in [3.8, 4) is 33.9 Å². The first-order valence-electron chi connectivity index (χ1n) is 17.1. The van der Waals surface area contributed by atoms with E-state index in [-0.39, 0.29) is 10.8 Å². The Labute approximate surface area is 291 Å². The van der Waals surface area contributed by atoms with E-state index in [9.17, 15) is 0 Å². The molecule has 0 radical (unpaired) electrons. The molecule has 246 valence electrons. The van der Waals surface area contributed by atoms with Crippen LogP contribution in [0, 0.1) is 0 Å². The lowest BCUT2D eigenvalue weighted by Crippen LogP contribution is -2.30. The van der Waals surface area contributed by atoms with Gasteiger partial charge in [0.1, 0.15) is 11.5 Å². The summed E-state index contributed by atoms with van der Waals surface area (Å²) in [6, 6.07) is 41.3. The highest BCUT2D eigenvalue weighted by atomic mass is 16.5. The van der Waals surface area contributed by atoms with Crippen molar-refractivity contribution in [2.75, 3.05) is 19.0 Å². The van der Waals surface area contributed by atoms with Gasteiger partial charge >= 0.3 is 0 Å². The fourth-order valence-corrected chi connectivity index (χ4v) is 7.08. The average Bonchev–Trinajstić information content (AvgIpc) is 3.38. The summed E-state index contributed by atoms with van der Waals surface area (Å²) in [7, 11) is 4.08. The van der Waals surface area contributed by atoms with Crippen LogP contribution in [0.3, 0.4) is 0 Å². The number of nitrogens with zero attached hydrogens (tertiary/aromatic N) is 3. The molecule has 4 nitrogen and oxygen atoms in total. The topological polar surface area (TPSA) is 38.2 Å².